The zero-order valence-corrected chi connectivity index (χ0v) is 11.6. The Balaban J connectivity index is 2.12. The molecule has 2 heteroatoms. The summed E-state index contributed by atoms with van der Waals surface area (Å²) in [5, 5.41) is 0. The fourth-order valence-electron chi connectivity index (χ4n) is 2.92. The topological polar surface area (TPSA) is 12.5 Å². The molecule has 2 nitrogen and oxygen atoms in total. The summed E-state index contributed by atoms with van der Waals surface area (Å²) in [6, 6.07) is 0. The molecule has 1 fully saturated rings. The van der Waals surface area contributed by atoms with Gasteiger partial charge in [-0.3, -0.25) is 0 Å². The first-order chi connectivity index (χ1) is 7.98. The molecule has 0 radical (unpaired) electrons. The number of hydrogen-bond acceptors (Lipinski definition) is 2. The van der Waals surface area contributed by atoms with Crippen LogP contribution in [0.2, 0.25) is 0 Å². The molecular weight excluding hydrogens is 210 g/mol. The molecule has 0 aromatic rings. The van der Waals surface area contributed by atoms with Crippen LogP contribution in [-0.2, 0) is 4.74 Å². The Morgan fingerprint density at radius 2 is 1.82 bits per heavy atom. The van der Waals surface area contributed by atoms with Crippen LogP contribution in [0, 0.1) is 11.3 Å². The van der Waals surface area contributed by atoms with E-state index in [0.29, 0.717) is 11.3 Å². The molecule has 1 heterocycles. The van der Waals surface area contributed by atoms with Crippen LogP contribution in [0.5, 0.6) is 0 Å². The largest absolute Gasteiger partial charge is 0.378 e. The van der Waals surface area contributed by atoms with Crippen LogP contribution in [0.1, 0.15) is 34.1 Å². The molecule has 1 aliphatic carbocycles. The molecule has 0 N–H and O–H groups in total. The van der Waals surface area contributed by atoms with Crippen molar-refractivity contribution < 1.29 is 4.74 Å². The second-order valence-electron chi connectivity index (χ2n) is 6.23. The predicted molar refractivity (Wildman–Crippen MR) is 71.8 cm³/mol. The van der Waals surface area contributed by atoms with E-state index in [-0.39, 0.29) is 0 Å². The first-order valence-corrected chi connectivity index (χ1v) is 6.72. The van der Waals surface area contributed by atoms with Crippen LogP contribution in [0.4, 0.5) is 0 Å². The minimum atomic E-state index is 0.298. The Kier molecular flexibility index (Phi) is 3.62. The summed E-state index contributed by atoms with van der Waals surface area (Å²) in [6.07, 6.45) is 5.86. The molecule has 1 unspecified atom stereocenters. The van der Waals surface area contributed by atoms with Gasteiger partial charge in [0.2, 0.25) is 0 Å². The zero-order chi connectivity index (χ0) is 12.5. The van der Waals surface area contributed by atoms with E-state index >= 15 is 0 Å². The third-order valence-electron chi connectivity index (χ3n) is 3.78. The number of morpholine rings is 1. The molecule has 2 rings (SSSR count). The van der Waals surface area contributed by atoms with Crippen LogP contribution < -0.4 is 0 Å². The molecule has 0 amide bonds. The molecule has 0 saturated carbocycles. The fourth-order valence-corrected chi connectivity index (χ4v) is 2.92. The van der Waals surface area contributed by atoms with Crippen molar-refractivity contribution >= 4 is 0 Å². The second kappa shape index (κ2) is 4.85. The van der Waals surface area contributed by atoms with E-state index in [0.717, 1.165) is 26.3 Å². The first kappa shape index (κ1) is 12.7. The van der Waals surface area contributed by atoms with E-state index < -0.39 is 0 Å². The van der Waals surface area contributed by atoms with Gasteiger partial charge in [0.1, 0.15) is 0 Å². The Hall–Kier alpha value is -0.760. The molecule has 96 valence electrons. The average Bonchev–Trinajstić information content (AvgIpc) is 2.28. The van der Waals surface area contributed by atoms with Crippen molar-refractivity contribution in [2.45, 2.75) is 34.1 Å². The first-order valence-electron chi connectivity index (χ1n) is 6.72. The van der Waals surface area contributed by atoms with Gasteiger partial charge in [-0.1, -0.05) is 39.3 Å². The van der Waals surface area contributed by atoms with Gasteiger partial charge in [-0.25, -0.2) is 0 Å². The standard InChI is InChI=1S/C15H25NO/c1-12-11-13(16-7-9-17-10-8-16)5-6-14(12)15(2,3)4/h5-6,12H,7-11H2,1-4H3. The number of nitrogens with zero attached hydrogens (tertiary/aromatic N) is 1. The van der Waals surface area contributed by atoms with Gasteiger partial charge in [0.05, 0.1) is 13.2 Å². The maximum Gasteiger partial charge on any atom is 0.0642 e. The summed E-state index contributed by atoms with van der Waals surface area (Å²) >= 11 is 0. The van der Waals surface area contributed by atoms with Crippen molar-refractivity contribution in [2.75, 3.05) is 26.3 Å². The Labute approximate surface area is 105 Å². The van der Waals surface area contributed by atoms with Gasteiger partial charge in [0.15, 0.2) is 0 Å². The summed E-state index contributed by atoms with van der Waals surface area (Å²) in [5.74, 6) is 0.665. The molecule has 0 aromatic carbocycles. The van der Waals surface area contributed by atoms with Gasteiger partial charge in [-0.2, -0.15) is 0 Å². The van der Waals surface area contributed by atoms with Gasteiger partial charge in [-0.05, 0) is 23.8 Å². The van der Waals surface area contributed by atoms with Crippen molar-refractivity contribution in [3.63, 3.8) is 0 Å². The highest BCUT2D eigenvalue weighted by Gasteiger charge is 2.26. The maximum absolute atomic E-state index is 5.41. The van der Waals surface area contributed by atoms with Crippen molar-refractivity contribution in [1.29, 1.82) is 0 Å². The van der Waals surface area contributed by atoms with E-state index in [1.165, 1.54) is 12.1 Å². The van der Waals surface area contributed by atoms with Crippen molar-refractivity contribution in [2.24, 2.45) is 11.3 Å². The fraction of sp³-hybridized carbons (Fsp3) is 0.733. The van der Waals surface area contributed by atoms with Gasteiger partial charge >= 0.3 is 0 Å². The quantitative estimate of drug-likeness (QED) is 0.692. The Bertz CT molecular complexity index is 329. The monoisotopic (exact) mass is 235 g/mol. The predicted octanol–water partition coefficient (Wildman–Crippen LogP) is 3.21. The molecule has 17 heavy (non-hydrogen) atoms. The lowest BCUT2D eigenvalue weighted by molar-refractivity contribution is 0.0510. The van der Waals surface area contributed by atoms with Crippen LogP contribution in [-0.4, -0.2) is 31.2 Å². The van der Waals surface area contributed by atoms with E-state index in [9.17, 15) is 0 Å². The summed E-state index contributed by atoms with van der Waals surface area (Å²) in [4.78, 5) is 2.48. The summed E-state index contributed by atoms with van der Waals surface area (Å²) in [5.41, 5.74) is 3.37. The average molecular weight is 235 g/mol. The smallest absolute Gasteiger partial charge is 0.0642 e. The highest BCUT2D eigenvalue weighted by atomic mass is 16.5. The Morgan fingerprint density at radius 3 is 2.35 bits per heavy atom. The highest BCUT2D eigenvalue weighted by molar-refractivity contribution is 5.29. The van der Waals surface area contributed by atoms with Crippen molar-refractivity contribution in [1.82, 2.24) is 4.90 Å². The molecular formula is C15H25NO. The maximum atomic E-state index is 5.41. The molecule has 1 atom stereocenters. The van der Waals surface area contributed by atoms with Gasteiger partial charge in [0, 0.05) is 18.8 Å². The molecule has 0 bridgehead atoms. The van der Waals surface area contributed by atoms with Crippen LogP contribution in [0.3, 0.4) is 0 Å². The number of rotatable bonds is 1. The molecule has 1 aliphatic heterocycles. The minimum Gasteiger partial charge on any atom is -0.378 e. The normalized spacial score (nSPS) is 26.6. The third-order valence-corrected chi connectivity index (χ3v) is 3.78. The number of ether oxygens (including phenoxy) is 1. The molecule has 2 aliphatic rings. The van der Waals surface area contributed by atoms with E-state index in [4.69, 9.17) is 4.74 Å². The van der Waals surface area contributed by atoms with E-state index in [2.05, 4.69) is 44.7 Å². The third kappa shape index (κ3) is 2.92. The van der Waals surface area contributed by atoms with Crippen LogP contribution >= 0.6 is 0 Å². The summed E-state index contributed by atoms with van der Waals surface area (Å²) in [6.45, 7) is 13.1. The van der Waals surface area contributed by atoms with E-state index in [1.807, 2.05) is 0 Å². The number of allylic oxidation sites excluding steroid dienone is 4. The summed E-state index contributed by atoms with van der Waals surface area (Å²) < 4.78 is 5.41. The molecule has 0 spiro atoms. The van der Waals surface area contributed by atoms with Crippen LogP contribution in [0.15, 0.2) is 23.4 Å². The number of hydrogen-bond donors (Lipinski definition) is 0. The molecule has 0 aromatic heterocycles. The van der Waals surface area contributed by atoms with E-state index in [1.54, 1.807) is 5.57 Å². The van der Waals surface area contributed by atoms with Gasteiger partial charge in [-0.15, -0.1) is 0 Å². The van der Waals surface area contributed by atoms with Crippen molar-refractivity contribution in [3.8, 4) is 0 Å². The lowest BCUT2D eigenvalue weighted by atomic mass is 9.75. The summed E-state index contributed by atoms with van der Waals surface area (Å²) in [7, 11) is 0. The zero-order valence-electron chi connectivity index (χ0n) is 11.6. The SMILES string of the molecule is CC1CC(N2CCOCC2)=CC=C1C(C)(C)C. The Morgan fingerprint density at radius 1 is 1.18 bits per heavy atom. The van der Waals surface area contributed by atoms with Crippen molar-refractivity contribution in [3.05, 3.63) is 23.4 Å². The van der Waals surface area contributed by atoms with Crippen LogP contribution in [0.25, 0.3) is 0 Å². The van der Waals surface area contributed by atoms with Gasteiger partial charge < -0.3 is 9.64 Å². The molecule has 1 saturated heterocycles. The lowest BCUT2D eigenvalue weighted by Gasteiger charge is -2.37. The second-order valence-corrected chi connectivity index (χ2v) is 6.23. The highest BCUT2D eigenvalue weighted by Crippen LogP contribution is 2.37. The lowest BCUT2D eigenvalue weighted by Crippen LogP contribution is -2.37. The minimum absolute atomic E-state index is 0.298. The van der Waals surface area contributed by atoms with Gasteiger partial charge in [0.25, 0.3) is 0 Å².